The number of halogens is 1. The predicted octanol–water partition coefficient (Wildman–Crippen LogP) is 1.33. The number of piperazine rings is 1. The van der Waals surface area contributed by atoms with Crippen molar-refractivity contribution < 1.29 is 8.42 Å². The molecule has 0 atom stereocenters. The molecule has 1 aliphatic heterocycles. The van der Waals surface area contributed by atoms with Crippen molar-refractivity contribution in [2.45, 2.75) is 4.90 Å². The molecule has 2 rings (SSSR count). The number of nitrogens with zero attached hydrogens (tertiary/aromatic N) is 2. The highest BCUT2D eigenvalue weighted by Crippen LogP contribution is 2.21. The van der Waals surface area contributed by atoms with E-state index in [0.717, 1.165) is 13.1 Å². The number of H-pyrrole nitrogens is 1. The van der Waals surface area contributed by atoms with Crippen LogP contribution in [-0.2, 0) is 10.0 Å². The molecule has 1 fully saturated rings. The standard InChI is InChI=1S/C10H14ClN3O2S2/c1-13-2-4-14(5-3-13)18(15,16)9-7-12-6-8(11)10(9)17/h6-7H,2-5H2,1H3,(H,12,17). The molecule has 18 heavy (non-hydrogen) atoms. The number of likely N-dealkylation sites (N-methyl/N-ethyl adjacent to an activating group) is 1. The Hall–Kier alpha value is -0.470. The van der Waals surface area contributed by atoms with E-state index in [9.17, 15) is 8.42 Å². The minimum Gasteiger partial charge on any atom is -0.365 e. The second kappa shape index (κ2) is 5.26. The first-order valence-corrected chi connectivity index (χ1v) is 7.71. The Balaban J connectivity index is 2.37. The van der Waals surface area contributed by atoms with E-state index in [2.05, 4.69) is 9.88 Å². The van der Waals surface area contributed by atoms with Crippen LogP contribution in [0.4, 0.5) is 0 Å². The third kappa shape index (κ3) is 2.60. The number of rotatable bonds is 2. The van der Waals surface area contributed by atoms with Gasteiger partial charge < -0.3 is 9.88 Å². The highest BCUT2D eigenvalue weighted by molar-refractivity contribution is 7.89. The average Bonchev–Trinajstić information content (AvgIpc) is 2.33. The fraction of sp³-hybridized carbons (Fsp3) is 0.500. The molecule has 1 aliphatic rings. The number of aromatic nitrogens is 1. The van der Waals surface area contributed by atoms with Gasteiger partial charge in [0.25, 0.3) is 0 Å². The normalized spacial score (nSPS) is 19.0. The van der Waals surface area contributed by atoms with E-state index in [-0.39, 0.29) is 14.4 Å². The molecule has 0 radical (unpaired) electrons. The first-order chi connectivity index (χ1) is 8.43. The lowest BCUT2D eigenvalue weighted by atomic mass is 10.4. The molecule has 1 aromatic rings. The van der Waals surface area contributed by atoms with Gasteiger partial charge in [0.05, 0.1) is 9.53 Å². The SMILES string of the molecule is CN1CCN(S(=O)(=O)c2c[nH]cc(Cl)c2=S)CC1. The fourth-order valence-corrected chi connectivity index (χ4v) is 3.94. The fourth-order valence-electron chi connectivity index (χ4n) is 1.80. The van der Waals surface area contributed by atoms with E-state index in [1.807, 2.05) is 7.05 Å². The van der Waals surface area contributed by atoms with Gasteiger partial charge in [-0.2, -0.15) is 4.31 Å². The van der Waals surface area contributed by atoms with Crippen molar-refractivity contribution in [1.82, 2.24) is 14.2 Å². The second-order valence-electron chi connectivity index (χ2n) is 4.20. The third-order valence-corrected chi connectivity index (χ3v) is 5.85. The highest BCUT2D eigenvalue weighted by atomic mass is 35.5. The van der Waals surface area contributed by atoms with Crippen LogP contribution in [0.5, 0.6) is 0 Å². The van der Waals surface area contributed by atoms with Gasteiger partial charge in [0.1, 0.15) is 4.90 Å². The summed E-state index contributed by atoms with van der Waals surface area (Å²) in [7, 11) is -1.58. The first kappa shape index (κ1) is 14.0. The smallest absolute Gasteiger partial charge is 0.246 e. The number of aromatic amines is 1. The largest absolute Gasteiger partial charge is 0.365 e. The van der Waals surface area contributed by atoms with Crippen molar-refractivity contribution in [3.05, 3.63) is 21.9 Å². The van der Waals surface area contributed by atoms with Crippen molar-refractivity contribution in [3.8, 4) is 0 Å². The summed E-state index contributed by atoms with van der Waals surface area (Å²) in [6.07, 6.45) is 2.87. The van der Waals surface area contributed by atoms with Crippen LogP contribution >= 0.6 is 23.8 Å². The minimum atomic E-state index is -3.55. The van der Waals surface area contributed by atoms with Gasteiger partial charge in [-0.15, -0.1) is 0 Å². The van der Waals surface area contributed by atoms with Gasteiger partial charge in [0.2, 0.25) is 10.0 Å². The van der Waals surface area contributed by atoms with E-state index in [1.54, 1.807) is 0 Å². The van der Waals surface area contributed by atoms with Gasteiger partial charge in [-0.3, -0.25) is 0 Å². The zero-order valence-corrected chi connectivity index (χ0v) is 12.3. The zero-order chi connectivity index (χ0) is 13.3. The van der Waals surface area contributed by atoms with Gasteiger partial charge in [-0.25, -0.2) is 8.42 Å². The lowest BCUT2D eigenvalue weighted by Gasteiger charge is -2.31. The molecule has 0 amide bonds. The molecule has 0 bridgehead atoms. The Labute approximate surface area is 116 Å². The van der Waals surface area contributed by atoms with E-state index in [4.69, 9.17) is 23.8 Å². The van der Waals surface area contributed by atoms with Crippen molar-refractivity contribution in [2.24, 2.45) is 0 Å². The third-order valence-electron chi connectivity index (χ3n) is 2.95. The van der Waals surface area contributed by atoms with E-state index >= 15 is 0 Å². The first-order valence-electron chi connectivity index (χ1n) is 5.48. The summed E-state index contributed by atoms with van der Waals surface area (Å²) in [5.74, 6) is 0. The molecule has 1 N–H and O–H groups in total. The molecule has 8 heteroatoms. The summed E-state index contributed by atoms with van der Waals surface area (Å²) in [5.41, 5.74) is 0. The summed E-state index contributed by atoms with van der Waals surface area (Å²) in [4.78, 5) is 4.88. The maximum absolute atomic E-state index is 12.4. The molecule has 100 valence electrons. The van der Waals surface area contributed by atoms with Crippen LogP contribution < -0.4 is 0 Å². The predicted molar refractivity (Wildman–Crippen MR) is 72.9 cm³/mol. The van der Waals surface area contributed by atoms with Crippen LogP contribution in [0.3, 0.4) is 0 Å². The van der Waals surface area contributed by atoms with Crippen molar-refractivity contribution in [3.63, 3.8) is 0 Å². The van der Waals surface area contributed by atoms with E-state index in [0.29, 0.717) is 13.1 Å². The van der Waals surface area contributed by atoms with Crippen molar-refractivity contribution >= 4 is 33.8 Å². The Morgan fingerprint density at radius 1 is 1.28 bits per heavy atom. The zero-order valence-electron chi connectivity index (χ0n) is 9.89. The molecule has 2 heterocycles. The molecule has 0 aliphatic carbocycles. The Bertz CT molecular complexity index is 591. The molecular weight excluding hydrogens is 294 g/mol. The van der Waals surface area contributed by atoms with Crippen LogP contribution in [0.15, 0.2) is 17.3 Å². The molecule has 1 saturated heterocycles. The van der Waals surface area contributed by atoms with Crippen molar-refractivity contribution in [2.75, 3.05) is 33.2 Å². The van der Waals surface area contributed by atoms with Crippen LogP contribution in [0.1, 0.15) is 0 Å². The number of hydrogen-bond acceptors (Lipinski definition) is 4. The maximum Gasteiger partial charge on any atom is 0.246 e. The van der Waals surface area contributed by atoms with Crippen LogP contribution in [-0.4, -0.2) is 55.8 Å². The van der Waals surface area contributed by atoms with Gasteiger partial charge >= 0.3 is 0 Å². The highest BCUT2D eigenvalue weighted by Gasteiger charge is 2.28. The Morgan fingerprint density at radius 3 is 2.50 bits per heavy atom. The van der Waals surface area contributed by atoms with Crippen LogP contribution in [0, 0.1) is 4.51 Å². The summed E-state index contributed by atoms with van der Waals surface area (Å²) in [6.45, 7) is 2.38. The molecule has 0 unspecified atom stereocenters. The van der Waals surface area contributed by atoms with Crippen molar-refractivity contribution in [1.29, 1.82) is 0 Å². The minimum absolute atomic E-state index is 0.0783. The Kier molecular flexibility index (Phi) is 4.08. The summed E-state index contributed by atoms with van der Waals surface area (Å²) in [6, 6.07) is 0. The molecule has 0 aromatic carbocycles. The average molecular weight is 308 g/mol. The topological polar surface area (TPSA) is 56.4 Å². The van der Waals surface area contributed by atoms with Crippen LogP contribution in [0.25, 0.3) is 0 Å². The molecular formula is C10H14ClN3O2S2. The van der Waals surface area contributed by atoms with Gasteiger partial charge in [0.15, 0.2) is 0 Å². The van der Waals surface area contributed by atoms with E-state index in [1.165, 1.54) is 16.7 Å². The number of hydrogen-bond donors (Lipinski definition) is 1. The second-order valence-corrected chi connectivity index (χ2v) is 6.93. The molecule has 5 nitrogen and oxygen atoms in total. The lowest BCUT2D eigenvalue weighted by molar-refractivity contribution is 0.222. The van der Waals surface area contributed by atoms with Gasteiger partial charge in [-0.1, -0.05) is 23.8 Å². The molecule has 1 aromatic heterocycles. The van der Waals surface area contributed by atoms with Gasteiger partial charge in [0, 0.05) is 38.6 Å². The number of sulfonamides is 1. The number of nitrogens with one attached hydrogen (secondary N) is 1. The summed E-state index contributed by atoms with van der Waals surface area (Å²) >= 11 is 10.9. The van der Waals surface area contributed by atoms with E-state index < -0.39 is 10.0 Å². The molecule has 0 spiro atoms. The number of pyridine rings is 1. The lowest BCUT2D eigenvalue weighted by Crippen LogP contribution is -2.47. The monoisotopic (exact) mass is 307 g/mol. The molecule has 0 saturated carbocycles. The van der Waals surface area contributed by atoms with Crippen LogP contribution in [0.2, 0.25) is 5.02 Å². The van der Waals surface area contributed by atoms with Gasteiger partial charge in [-0.05, 0) is 7.05 Å². The summed E-state index contributed by atoms with van der Waals surface area (Å²) in [5, 5.41) is 0.250. The quantitative estimate of drug-likeness (QED) is 0.838. The summed E-state index contributed by atoms with van der Waals surface area (Å²) < 4.78 is 26.5. The Morgan fingerprint density at radius 2 is 1.89 bits per heavy atom. The maximum atomic E-state index is 12.4.